The lowest BCUT2D eigenvalue weighted by molar-refractivity contribution is 0.620. The zero-order chi connectivity index (χ0) is 42.8. The number of hydrogen-bond acceptors (Lipinski definition) is 6. The molecule has 4 heterocycles. The standard InChI is InChI=1S/C58H35N5OS/c1-4-14-36(15-5-1)43-21-12-23-46-47-24-13-22-44(54(47)65-53(43)46)40-29-33-51-48(34-40)45-20-10-11-25-50(45)63(51)42-30-26-39(27-31-42)58-59-49-32-28-41(35-52(49)64-58)57-61-55(37-16-6-2-7-17-37)60-56(62-57)38-18-8-3-9-19-38/h1-35H. The molecule has 0 bridgehead atoms. The number of fused-ring (bicyclic) bond motifs is 7. The molecule has 0 fully saturated rings. The van der Waals surface area contributed by atoms with Crippen LogP contribution in [-0.2, 0) is 0 Å². The largest absolute Gasteiger partial charge is 0.436 e. The summed E-state index contributed by atoms with van der Waals surface area (Å²) >= 11 is 1.89. The van der Waals surface area contributed by atoms with Crippen molar-refractivity contribution >= 4 is 64.4 Å². The molecule has 0 aliphatic carbocycles. The molecule has 0 saturated heterocycles. The van der Waals surface area contributed by atoms with E-state index in [1.165, 1.54) is 53.2 Å². The third kappa shape index (κ3) is 6.32. The van der Waals surface area contributed by atoms with Crippen LogP contribution in [0.5, 0.6) is 0 Å². The molecule has 13 rings (SSSR count). The van der Waals surface area contributed by atoms with E-state index < -0.39 is 0 Å². The number of nitrogens with zero attached hydrogens (tertiary/aromatic N) is 5. The number of oxazole rings is 1. The zero-order valence-corrected chi connectivity index (χ0v) is 35.6. The summed E-state index contributed by atoms with van der Waals surface area (Å²) < 4.78 is 11.4. The molecule has 304 valence electrons. The Morgan fingerprint density at radius 3 is 1.54 bits per heavy atom. The molecule has 13 aromatic rings. The summed E-state index contributed by atoms with van der Waals surface area (Å²) in [5.41, 5.74) is 13.3. The summed E-state index contributed by atoms with van der Waals surface area (Å²) in [6.07, 6.45) is 0. The highest BCUT2D eigenvalue weighted by Gasteiger charge is 2.19. The van der Waals surface area contributed by atoms with Gasteiger partial charge in [-0.1, -0.05) is 152 Å². The van der Waals surface area contributed by atoms with E-state index in [0.717, 1.165) is 44.5 Å². The predicted molar refractivity (Wildman–Crippen MR) is 267 cm³/mol. The van der Waals surface area contributed by atoms with Gasteiger partial charge in [-0.3, -0.25) is 0 Å². The van der Waals surface area contributed by atoms with Gasteiger partial charge in [0.1, 0.15) is 5.52 Å². The Bertz CT molecular complexity index is 3870. The third-order valence-corrected chi connectivity index (χ3v) is 13.6. The molecule has 7 heteroatoms. The molecule has 0 spiro atoms. The lowest BCUT2D eigenvalue weighted by atomic mass is 9.99. The van der Waals surface area contributed by atoms with E-state index in [4.69, 9.17) is 24.4 Å². The molecule has 0 atom stereocenters. The maximum absolute atomic E-state index is 6.46. The molecule has 0 unspecified atom stereocenters. The van der Waals surface area contributed by atoms with E-state index in [1.54, 1.807) is 0 Å². The van der Waals surface area contributed by atoms with Gasteiger partial charge >= 0.3 is 0 Å². The second kappa shape index (κ2) is 15.1. The van der Waals surface area contributed by atoms with Crippen LogP contribution < -0.4 is 0 Å². The van der Waals surface area contributed by atoms with Gasteiger partial charge in [0.05, 0.1) is 11.0 Å². The highest BCUT2D eigenvalue weighted by atomic mass is 32.1. The number of benzene rings is 9. The fourth-order valence-electron chi connectivity index (χ4n) is 9.19. The van der Waals surface area contributed by atoms with Crippen molar-refractivity contribution in [3.8, 4) is 73.6 Å². The normalized spacial score (nSPS) is 11.7. The van der Waals surface area contributed by atoms with Gasteiger partial charge in [0, 0.05) is 58.9 Å². The van der Waals surface area contributed by atoms with Crippen LogP contribution >= 0.6 is 11.3 Å². The van der Waals surface area contributed by atoms with E-state index in [0.29, 0.717) is 28.9 Å². The monoisotopic (exact) mass is 849 g/mol. The van der Waals surface area contributed by atoms with E-state index >= 15 is 0 Å². The maximum Gasteiger partial charge on any atom is 0.227 e. The Morgan fingerprint density at radius 1 is 0.354 bits per heavy atom. The van der Waals surface area contributed by atoms with Crippen molar-refractivity contribution in [1.82, 2.24) is 24.5 Å². The fourth-order valence-corrected chi connectivity index (χ4v) is 10.6. The first-order valence-electron chi connectivity index (χ1n) is 21.6. The minimum Gasteiger partial charge on any atom is -0.436 e. The van der Waals surface area contributed by atoms with Gasteiger partial charge < -0.3 is 8.98 Å². The van der Waals surface area contributed by atoms with Crippen LogP contribution in [0.3, 0.4) is 0 Å². The molecule has 0 aliphatic heterocycles. The van der Waals surface area contributed by atoms with Crippen molar-refractivity contribution < 1.29 is 4.42 Å². The molecule has 65 heavy (non-hydrogen) atoms. The van der Waals surface area contributed by atoms with Gasteiger partial charge in [-0.15, -0.1) is 11.3 Å². The van der Waals surface area contributed by atoms with Crippen molar-refractivity contribution in [1.29, 1.82) is 0 Å². The van der Waals surface area contributed by atoms with Crippen molar-refractivity contribution in [2.75, 3.05) is 0 Å². The Balaban J connectivity index is 0.854. The second-order valence-corrected chi connectivity index (χ2v) is 17.2. The molecule has 9 aromatic carbocycles. The van der Waals surface area contributed by atoms with Crippen LogP contribution in [0.1, 0.15) is 0 Å². The van der Waals surface area contributed by atoms with Crippen molar-refractivity contribution in [3.05, 3.63) is 212 Å². The second-order valence-electron chi connectivity index (χ2n) is 16.2. The van der Waals surface area contributed by atoms with Crippen LogP contribution in [0.2, 0.25) is 0 Å². The van der Waals surface area contributed by atoms with Gasteiger partial charge in [-0.2, -0.15) is 0 Å². The fraction of sp³-hybridized carbons (Fsp3) is 0. The minimum atomic E-state index is 0.549. The minimum absolute atomic E-state index is 0.549. The van der Waals surface area contributed by atoms with Gasteiger partial charge in [0.2, 0.25) is 5.89 Å². The molecular formula is C58H35N5OS. The summed E-state index contributed by atoms with van der Waals surface area (Å²) in [4.78, 5) is 19.6. The summed E-state index contributed by atoms with van der Waals surface area (Å²) in [6, 6.07) is 74.1. The number of hydrogen-bond donors (Lipinski definition) is 0. The molecule has 0 N–H and O–H groups in total. The lowest BCUT2D eigenvalue weighted by Gasteiger charge is -2.09. The predicted octanol–water partition coefficient (Wildman–Crippen LogP) is 15.5. The van der Waals surface area contributed by atoms with E-state index in [2.05, 4.69) is 138 Å². The Hall–Kier alpha value is -8.52. The van der Waals surface area contributed by atoms with Crippen molar-refractivity contribution in [2.24, 2.45) is 0 Å². The Morgan fingerprint density at radius 2 is 0.877 bits per heavy atom. The van der Waals surface area contributed by atoms with Gasteiger partial charge in [0.25, 0.3) is 0 Å². The average Bonchev–Trinajstić information content (AvgIpc) is 4.09. The molecular weight excluding hydrogens is 815 g/mol. The number of aromatic nitrogens is 5. The van der Waals surface area contributed by atoms with Crippen LogP contribution in [-0.4, -0.2) is 24.5 Å². The highest BCUT2D eigenvalue weighted by molar-refractivity contribution is 7.26. The SMILES string of the molecule is c1ccc(-c2nc(-c3ccccc3)nc(-c3ccc4nc(-c5ccc(-n6c7ccccc7c7cc(-c8cccc9c8sc8c(-c%10ccccc%10)cccc89)ccc76)cc5)oc4c3)n2)cc1. The van der Waals surface area contributed by atoms with Crippen molar-refractivity contribution in [3.63, 3.8) is 0 Å². The molecule has 0 aliphatic rings. The third-order valence-electron chi connectivity index (χ3n) is 12.3. The number of thiophene rings is 1. The number of para-hydroxylation sites is 1. The van der Waals surface area contributed by atoms with Crippen LogP contribution in [0.4, 0.5) is 0 Å². The van der Waals surface area contributed by atoms with Crippen LogP contribution in [0, 0.1) is 0 Å². The van der Waals surface area contributed by atoms with Gasteiger partial charge in [0.15, 0.2) is 23.1 Å². The Labute approximate surface area is 377 Å². The van der Waals surface area contributed by atoms with Crippen LogP contribution in [0.15, 0.2) is 217 Å². The summed E-state index contributed by atoms with van der Waals surface area (Å²) in [6.45, 7) is 0. The number of rotatable bonds is 7. The highest BCUT2D eigenvalue weighted by Crippen LogP contribution is 2.45. The maximum atomic E-state index is 6.46. The van der Waals surface area contributed by atoms with Gasteiger partial charge in [-0.25, -0.2) is 19.9 Å². The quantitative estimate of drug-likeness (QED) is 0.160. The lowest BCUT2D eigenvalue weighted by Crippen LogP contribution is -2.00. The zero-order valence-electron chi connectivity index (χ0n) is 34.8. The Kier molecular flexibility index (Phi) is 8.60. The average molecular weight is 850 g/mol. The molecule has 0 saturated carbocycles. The van der Waals surface area contributed by atoms with E-state index in [9.17, 15) is 0 Å². The topological polar surface area (TPSA) is 69.6 Å². The first-order valence-corrected chi connectivity index (χ1v) is 22.4. The smallest absolute Gasteiger partial charge is 0.227 e. The molecule has 0 amide bonds. The first kappa shape index (κ1) is 37.1. The summed E-state index contributed by atoms with van der Waals surface area (Å²) in [7, 11) is 0. The summed E-state index contributed by atoms with van der Waals surface area (Å²) in [5.74, 6) is 2.33. The first-order chi connectivity index (χ1) is 32.2. The van der Waals surface area contributed by atoms with E-state index in [-0.39, 0.29) is 0 Å². The molecule has 6 nitrogen and oxygen atoms in total. The van der Waals surface area contributed by atoms with E-state index in [1.807, 2.05) is 90.2 Å². The van der Waals surface area contributed by atoms with Crippen LogP contribution in [0.25, 0.3) is 127 Å². The van der Waals surface area contributed by atoms with Gasteiger partial charge in [-0.05, 0) is 82.9 Å². The van der Waals surface area contributed by atoms with Crippen molar-refractivity contribution in [2.45, 2.75) is 0 Å². The molecule has 0 radical (unpaired) electrons. The summed E-state index contributed by atoms with van der Waals surface area (Å²) in [5, 5.41) is 5.01. The molecule has 4 aromatic heterocycles.